The number of halogens is 6. The van der Waals surface area contributed by atoms with E-state index in [0.29, 0.717) is 32.4 Å². The second-order valence-electron chi connectivity index (χ2n) is 10.4. The van der Waals surface area contributed by atoms with Crippen molar-refractivity contribution in [3.63, 3.8) is 0 Å². The number of carboxylic acid groups (broad SMARTS) is 1. The summed E-state index contributed by atoms with van der Waals surface area (Å²) in [5.41, 5.74) is -0.141. The van der Waals surface area contributed by atoms with Crippen molar-refractivity contribution in [1.29, 1.82) is 5.26 Å². The average molecular weight is 633 g/mol. The van der Waals surface area contributed by atoms with E-state index in [4.69, 9.17) is 15.2 Å². The van der Waals surface area contributed by atoms with Gasteiger partial charge in [-0.05, 0) is 67.2 Å². The van der Waals surface area contributed by atoms with E-state index in [-0.39, 0.29) is 12.2 Å². The van der Waals surface area contributed by atoms with E-state index in [9.17, 15) is 35.9 Å². The van der Waals surface area contributed by atoms with Gasteiger partial charge >= 0.3 is 24.4 Å². The number of alkyl halides is 6. The monoisotopic (exact) mass is 632 g/mol. The SMILES string of the molecule is N#Cc1ccc(N2C(=O)N(Cc3ccccc3Cc3ccccc3)C3(CCNCC3)C2=O)cc1C(F)(F)F.O=C(O)C(F)(F)F. The number of nitriles is 1. The number of nitrogens with zero attached hydrogens (tertiary/aromatic N) is 3. The second kappa shape index (κ2) is 13.0. The predicted octanol–water partition coefficient (Wildman–Crippen LogP) is 5.89. The Morgan fingerprint density at radius 1 is 0.911 bits per heavy atom. The molecule has 0 unspecified atom stereocenters. The van der Waals surface area contributed by atoms with Crippen LogP contribution in [0.1, 0.15) is 40.7 Å². The normalized spacial score (nSPS) is 16.3. The van der Waals surface area contributed by atoms with Gasteiger partial charge in [0.15, 0.2) is 0 Å². The standard InChI is InChI=1S/C29H25F3N4O2.C2HF3O2/c30-29(31,32)25-17-24(11-10-22(25)18-33)36-26(37)28(12-14-34-15-13-28)35(27(36)38)19-23-9-5-4-8-21(23)16-20-6-2-1-3-7-20;3-2(4,5)1(6)7/h1-11,17,34H,12-16,19H2;(H,6,7). The lowest BCUT2D eigenvalue weighted by molar-refractivity contribution is -0.192. The Labute approximate surface area is 253 Å². The highest BCUT2D eigenvalue weighted by Crippen LogP contribution is 2.41. The molecule has 3 amide bonds. The molecule has 14 heteroatoms. The highest BCUT2D eigenvalue weighted by Gasteiger charge is 2.58. The van der Waals surface area contributed by atoms with Crippen LogP contribution in [0, 0.1) is 11.3 Å². The zero-order chi connectivity index (χ0) is 33.0. The second-order valence-corrected chi connectivity index (χ2v) is 10.4. The van der Waals surface area contributed by atoms with Gasteiger partial charge in [-0.2, -0.15) is 31.6 Å². The van der Waals surface area contributed by atoms with Crippen molar-refractivity contribution in [1.82, 2.24) is 10.2 Å². The number of hydrogen-bond donors (Lipinski definition) is 2. The highest BCUT2D eigenvalue weighted by molar-refractivity contribution is 6.23. The number of piperidine rings is 1. The van der Waals surface area contributed by atoms with E-state index in [2.05, 4.69) is 5.32 Å². The van der Waals surface area contributed by atoms with Gasteiger partial charge in [-0.15, -0.1) is 0 Å². The van der Waals surface area contributed by atoms with Crippen molar-refractivity contribution in [2.45, 2.75) is 43.7 Å². The molecule has 2 aliphatic heterocycles. The van der Waals surface area contributed by atoms with Gasteiger partial charge in [-0.25, -0.2) is 14.5 Å². The fraction of sp³-hybridized carbons (Fsp3) is 0.290. The topological polar surface area (TPSA) is 114 Å². The molecule has 2 aliphatic rings. The number of carbonyl (C=O) groups is 3. The molecule has 0 atom stereocenters. The molecule has 3 aromatic rings. The first-order chi connectivity index (χ1) is 21.2. The number of anilines is 1. The number of urea groups is 1. The molecule has 0 aromatic heterocycles. The van der Waals surface area contributed by atoms with E-state index in [1.54, 1.807) is 0 Å². The Kier molecular flexibility index (Phi) is 9.53. The molecule has 0 bridgehead atoms. The molecule has 5 rings (SSSR count). The number of carbonyl (C=O) groups excluding carboxylic acids is 2. The molecule has 2 N–H and O–H groups in total. The molecule has 3 aromatic carbocycles. The summed E-state index contributed by atoms with van der Waals surface area (Å²) in [6.07, 6.45) is -8.57. The Morgan fingerprint density at radius 3 is 2.04 bits per heavy atom. The molecule has 0 saturated carbocycles. The van der Waals surface area contributed by atoms with Crippen molar-refractivity contribution in [2.24, 2.45) is 0 Å². The van der Waals surface area contributed by atoms with Crippen molar-refractivity contribution < 1.29 is 45.8 Å². The molecule has 0 radical (unpaired) electrons. The minimum Gasteiger partial charge on any atom is -0.475 e. The van der Waals surface area contributed by atoms with Gasteiger partial charge in [0, 0.05) is 6.54 Å². The number of nitrogens with one attached hydrogen (secondary N) is 1. The summed E-state index contributed by atoms with van der Waals surface area (Å²) in [5.74, 6) is -3.30. The van der Waals surface area contributed by atoms with Crippen LogP contribution in [0.15, 0.2) is 72.8 Å². The Morgan fingerprint density at radius 2 is 1.49 bits per heavy atom. The van der Waals surface area contributed by atoms with E-state index in [0.717, 1.165) is 33.7 Å². The van der Waals surface area contributed by atoms with E-state index >= 15 is 0 Å². The molecule has 0 aliphatic carbocycles. The zero-order valence-corrected chi connectivity index (χ0v) is 23.5. The Hall–Kier alpha value is -4.90. The van der Waals surface area contributed by atoms with Crippen LogP contribution in [0.3, 0.4) is 0 Å². The van der Waals surface area contributed by atoms with Crippen molar-refractivity contribution >= 4 is 23.6 Å². The summed E-state index contributed by atoms with van der Waals surface area (Å²) in [5, 5.41) is 19.5. The maximum atomic E-state index is 13.9. The van der Waals surface area contributed by atoms with E-state index in [1.807, 2.05) is 54.6 Å². The average Bonchev–Trinajstić information content (AvgIpc) is 3.18. The van der Waals surface area contributed by atoms with Crippen LogP contribution >= 0.6 is 0 Å². The molecule has 8 nitrogen and oxygen atoms in total. The first-order valence-corrected chi connectivity index (χ1v) is 13.6. The summed E-state index contributed by atoms with van der Waals surface area (Å²) in [6.45, 7) is 1.14. The first kappa shape index (κ1) is 33.0. The summed E-state index contributed by atoms with van der Waals surface area (Å²) in [4.78, 5) is 39.0. The highest BCUT2D eigenvalue weighted by atomic mass is 19.4. The lowest BCUT2D eigenvalue weighted by atomic mass is 9.86. The maximum Gasteiger partial charge on any atom is 0.490 e. The maximum absolute atomic E-state index is 13.9. The predicted molar refractivity (Wildman–Crippen MR) is 149 cm³/mol. The molecule has 2 fully saturated rings. The van der Waals surface area contributed by atoms with Gasteiger partial charge in [0.25, 0.3) is 5.91 Å². The van der Waals surface area contributed by atoms with Gasteiger partial charge in [0.1, 0.15) is 5.54 Å². The van der Waals surface area contributed by atoms with Gasteiger partial charge in [-0.3, -0.25) is 4.79 Å². The van der Waals surface area contributed by atoms with Crippen LogP contribution in [0.2, 0.25) is 0 Å². The number of amides is 3. The van der Waals surface area contributed by atoms with Crippen molar-refractivity contribution in [3.05, 3.63) is 101 Å². The molecule has 2 saturated heterocycles. The number of imide groups is 1. The Bertz CT molecular complexity index is 1610. The van der Waals surface area contributed by atoms with Crippen molar-refractivity contribution in [3.8, 4) is 6.07 Å². The fourth-order valence-corrected chi connectivity index (χ4v) is 5.36. The summed E-state index contributed by atoms with van der Waals surface area (Å²) >= 11 is 0. The summed E-state index contributed by atoms with van der Waals surface area (Å²) in [7, 11) is 0. The minimum atomic E-state index is -5.08. The molecular formula is C31H26F6N4O4. The summed E-state index contributed by atoms with van der Waals surface area (Å²) < 4.78 is 72.8. The number of rotatable bonds is 5. The number of benzene rings is 3. The van der Waals surface area contributed by atoms with Gasteiger partial charge in [0.2, 0.25) is 0 Å². The van der Waals surface area contributed by atoms with E-state index < -0.39 is 46.9 Å². The third-order valence-electron chi connectivity index (χ3n) is 7.58. The van der Waals surface area contributed by atoms with Gasteiger partial charge in [-0.1, -0.05) is 54.6 Å². The number of hydrogen-bond acceptors (Lipinski definition) is 5. The Balaban J connectivity index is 0.000000591. The molecular weight excluding hydrogens is 606 g/mol. The first-order valence-electron chi connectivity index (χ1n) is 13.6. The fourth-order valence-electron chi connectivity index (χ4n) is 5.36. The van der Waals surface area contributed by atoms with Crippen LogP contribution in [0.25, 0.3) is 0 Å². The van der Waals surface area contributed by atoms with Crippen LogP contribution in [0.4, 0.5) is 36.8 Å². The third-order valence-corrected chi connectivity index (χ3v) is 7.58. The van der Waals surface area contributed by atoms with Crippen LogP contribution < -0.4 is 10.2 Å². The van der Waals surface area contributed by atoms with E-state index in [1.165, 1.54) is 17.0 Å². The van der Waals surface area contributed by atoms with Gasteiger partial charge in [0.05, 0.1) is 22.9 Å². The number of aliphatic carboxylic acids is 1. The summed E-state index contributed by atoms with van der Waals surface area (Å²) in [6, 6.07) is 21.4. The largest absolute Gasteiger partial charge is 0.490 e. The van der Waals surface area contributed by atoms with Crippen LogP contribution in [-0.2, 0) is 28.7 Å². The lowest BCUT2D eigenvalue weighted by Gasteiger charge is -2.38. The van der Waals surface area contributed by atoms with Crippen molar-refractivity contribution in [2.75, 3.05) is 18.0 Å². The third kappa shape index (κ3) is 7.09. The molecule has 45 heavy (non-hydrogen) atoms. The molecule has 236 valence electrons. The molecule has 2 heterocycles. The minimum absolute atomic E-state index is 0.145. The smallest absolute Gasteiger partial charge is 0.475 e. The van der Waals surface area contributed by atoms with Gasteiger partial charge < -0.3 is 15.3 Å². The van der Waals surface area contributed by atoms with Crippen LogP contribution in [-0.4, -0.2) is 52.7 Å². The molecule has 1 spiro atoms. The number of carboxylic acids is 1. The van der Waals surface area contributed by atoms with Crippen LogP contribution in [0.5, 0.6) is 0 Å². The zero-order valence-electron chi connectivity index (χ0n) is 23.5. The lowest BCUT2D eigenvalue weighted by Crippen LogP contribution is -2.55. The quantitative estimate of drug-likeness (QED) is 0.268.